The Bertz CT molecular complexity index is 534. The molecule has 2 rings (SSSR count). The van der Waals surface area contributed by atoms with Gasteiger partial charge >= 0.3 is 5.97 Å². The molecule has 0 spiro atoms. The Hall–Kier alpha value is -2.17. The normalized spacial score (nSPS) is 13.5. The summed E-state index contributed by atoms with van der Waals surface area (Å²) in [6.07, 6.45) is 0. The minimum atomic E-state index is -0.487. The maximum Gasteiger partial charge on any atom is 0.338 e. The summed E-state index contributed by atoms with van der Waals surface area (Å²) in [5, 5.41) is 2.17. The molecule has 2 amide bonds. The van der Waals surface area contributed by atoms with Crippen LogP contribution < -0.4 is 5.32 Å². The topological polar surface area (TPSA) is 72.5 Å². The summed E-state index contributed by atoms with van der Waals surface area (Å²) in [6, 6.07) is 4.33. The van der Waals surface area contributed by atoms with E-state index in [9.17, 15) is 14.4 Å². The molecular weight excluding hydrogens is 234 g/mol. The lowest BCUT2D eigenvalue weighted by Gasteiger charge is -2.07. The number of fused-ring (bicyclic) bond motifs is 1. The first-order valence-corrected chi connectivity index (χ1v) is 5.66. The number of esters is 1. The van der Waals surface area contributed by atoms with Crippen molar-refractivity contribution in [3.05, 3.63) is 34.9 Å². The van der Waals surface area contributed by atoms with Crippen LogP contribution in [0.2, 0.25) is 0 Å². The Morgan fingerprint density at radius 1 is 1.22 bits per heavy atom. The van der Waals surface area contributed by atoms with Gasteiger partial charge in [0.2, 0.25) is 0 Å². The zero-order chi connectivity index (χ0) is 13.3. The van der Waals surface area contributed by atoms with E-state index >= 15 is 0 Å². The summed E-state index contributed by atoms with van der Waals surface area (Å²) in [4.78, 5) is 34.5. The zero-order valence-electron chi connectivity index (χ0n) is 10.1. The number of hydrogen-bond donors (Lipinski definition) is 1. The van der Waals surface area contributed by atoms with Crippen LogP contribution in [0, 0.1) is 5.92 Å². The monoisotopic (exact) mass is 247 g/mol. The molecule has 0 aromatic heterocycles. The summed E-state index contributed by atoms with van der Waals surface area (Å²) in [5.74, 6) is -1.16. The number of carbonyl (C=O) groups is 3. The molecule has 5 heteroatoms. The smallest absolute Gasteiger partial charge is 0.338 e. The van der Waals surface area contributed by atoms with Crippen molar-refractivity contribution in [3.8, 4) is 0 Å². The van der Waals surface area contributed by atoms with E-state index in [4.69, 9.17) is 4.74 Å². The minimum Gasteiger partial charge on any atom is -0.462 e. The van der Waals surface area contributed by atoms with E-state index in [1.807, 2.05) is 13.8 Å². The van der Waals surface area contributed by atoms with Crippen LogP contribution in [0.4, 0.5) is 0 Å². The maximum atomic E-state index is 11.7. The van der Waals surface area contributed by atoms with Crippen molar-refractivity contribution in [1.82, 2.24) is 5.32 Å². The van der Waals surface area contributed by atoms with Gasteiger partial charge in [-0.05, 0) is 24.1 Å². The van der Waals surface area contributed by atoms with Crippen molar-refractivity contribution >= 4 is 17.8 Å². The fourth-order valence-corrected chi connectivity index (χ4v) is 1.62. The molecule has 0 aliphatic carbocycles. The third-order valence-electron chi connectivity index (χ3n) is 2.52. The molecule has 0 radical (unpaired) electrons. The molecule has 18 heavy (non-hydrogen) atoms. The summed E-state index contributed by atoms with van der Waals surface area (Å²) in [7, 11) is 0. The van der Waals surface area contributed by atoms with E-state index in [0.29, 0.717) is 12.2 Å². The van der Waals surface area contributed by atoms with Crippen LogP contribution in [-0.4, -0.2) is 24.4 Å². The van der Waals surface area contributed by atoms with Gasteiger partial charge in [0.25, 0.3) is 11.8 Å². The average molecular weight is 247 g/mol. The number of rotatable bonds is 3. The SMILES string of the molecule is CC(C)COC(=O)c1ccc2c(c1)C(=O)NC2=O. The Morgan fingerprint density at radius 2 is 1.89 bits per heavy atom. The van der Waals surface area contributed by atoms with Gasteiger partial charge in [0.1, 0.15) is 0 Å². The highest BCUT2D eigenvalue weighted by atomic mass is 16.5. The lowest BCUT2D eigenvalue weighted by atomic mass is 10.1. The van der Waals surface area contributed by atoms with Crippen molar-refractivity contribution in [1.29, 1.82) is 0 Å². The molecule has 1 heterocycles. The zero-order valence-corrected chi connectivity index (χ0v) is 10.1. The number of benzene rings is 1. The predicted octanol–water partition coefficient (Wildman–Crippen LogP) is 1.38. The molecule has 94 valence electrons. The van der Waals surface area contributed by atoms with Crippen LogP contribution in [0.1, 0.15) is 44.9 Å². The first-order valence-electron chi connectivity index (χ1n) is 5.66. The number of imide groups is 1. The van der Waals surface area contributed by atoms with Crippen LogP contribution >= 0.6 is 0 Å². The second kappa shape index (κ2) is 4.60. The molecule has 0 saturated heterocycles. The van der Waals surface area contributed by atoms with Gasteiger partial charge < -0.3 is 4.74 Å². The van der Waals surface area contributed by atoms with E-state index in [-0.39, 0.29) is 17.0 Å². The van der Waals surface area contributed by atoms with Crippen LogP contribution in [0.15, 0.2) is 18.2 Å². The molecule has 0 atom stereocenters. The van der Waals surface area contributed by atoms with Crippen LogP contribution in [0.3, 0.4) is 0 Å². The third-order valence-corrected chi connectivity index (χ3v) is 2.52. The molecule has 1 aromatic carbocycles. The molecule has 0 bridgehead atoms. The Kier molecular flexibility index (Phi) is 3.14. The molecule has 0 fully saturated rings. The lowest BCUT2D eigenvalue weighted by Crippen LogP contribution is -2.19. The van der Waals surface area contributed by atoms with Gasteiger partial charge in [0.15, 0.2) is 0 Å². The second-order valence-corrected chi connectivity index (χ2v) is 4.54. The van der Waals surface area contributed by atoms with E-state index in [0.717, 1.165) is 0 Å². The third kappa shape index (κ3) is 2.25. The second-order valence-electron chi connectivity index (χ2n) is 4.54. The molecular formula is C13H13NO4. The van der Waals surface area contributed by atoms with E-state index in [2.05, 4.69) is 5.32 Å². The Morgan fingerprint density at radius 3 is 2.56 bits per heavy atom. The summed E-state index contributed by atoms with van der Waals surface area (Å²) >= 11 is 0. The lowest BCUT2D eigenvalue weighted by molar-refractivity contribution is 0.0458. The van der Waals surface area contributed by atoms with Gasteiger partial charge in [0.05, 0.1) is 23.3 Å². The molecule has 1 aromatic rings. The first kappa shape index (κ1) is 12.3. The van der Waals surface area contributed by atoms with Gasteiger partial charge in [-0.2, -0.15) is 0 Å². The van der Waals surface area contributed by atoms with Gasteiger partial charge in [-0.3, -0.25) is 14.9 Å². The standard InChI is InChI=1S/C13H13NO4/c1-7(2)6-18-13(17)8-3-4-9-10(5-8)12(16)14-11(9)15/h3-5,7H,6H2,1-2H3,(H,14,15,16). The van der Waals surface area contributed by atoms with Crippen molar-refractivity contribution in [3.63, 3.8) is 0 Å². The number of carbonyl (C=O) groups excluding carboxylic acids is 3. The highest BCUT2D eigenvalue weighted by Crippen LogP contribution is 2.18. The van der Waals surface area contributed by atoms with Crippen molar-refractivity contribution in [2.24, 2.45) is 5.92 Å². The highest BCUT2D eigenvalue weighted by Gasteiger charge is 2.27. The van der Waals surface area contributed by atoms with Crippen LogP contribution in [-0.2, 0) is 4.74 Å². The van der Waals surface area contributed by atoms with E-state index in [1.54, 1.807) is 0 Å². The number of hydrogen-bond acceptors (Lipinski definition) is 4. The molecule has 5 nitrogen and oxygen atoms in total. The largest absolute Gasteiger partial charge is 0.462 e. The van der Waals surface area contributed by atoms with Crippen LogP contribution in [0.25, 0.3) is 0 Å². The highest BCUT2D eigenvalue weighted by molar-refractivity contribution is 6.22. The minimum absolute atomic E-state index is 0.221. The average Bonchev–Trinajstić information content (AvgIpc) is 2.61. The Balaban J connectivity index is 2.22. The van der Waals surface area contributed by atoms with Crippen LogP contribution in [0.5, 0.6) is 0 Å². The van der Waals surface area contributed by atoms with Crippen molar-refractivity contribution < 1.29 is 19.1 Å². The molecule has 1 N–H and O–H groups in total. The number of nitrogens with one attached hydrogen (secondary N) is 1. The Labute approximate surface area is 104 Å². The summed E-state index contributed by atoms with van der Waals surface area (Å²) < 4.78 is 5.06. The van der Waals surface area contributed by atoms with E-state index in [1.165, 1.54) is 18.2 Å². The maximum absolute atomic E-state index is 11.7. The first-order chi connectivity index (χ1) is 8.49. The molecule has 0 unspecified atom stereocenters. The number of ether oxygens (including phenoxy) is 1. The summed E-state index contributed by atoms with van der Waals surface area (Å²) in [5.41, 5.74) is 0.790. The van der Waals surface area contributed by atoms with Gasteiger partial charge in [-0.15, -0.1) is 0 Å². The van der Waals surface area contributed by atoms with Crippen molar-refractivity contribution in [2.45, 2.75) is 13.8 Å². The quantitative estimate of drug-likeness (QED) is 0.647. The van der Waals surface area contributed by atoms with Gasteiger partial charge in [-0.1, -0.05) is 13.8 Å². The van der Waals surface area contributed by atoms with Gasteiger partial charge in [-0.25, -0.2) is 4.79 Å². The van der Waals surface area contributed by atoms with E-state index < -0.39 is 17.8 Å². The van der Waals surface area contributed by atoms with Crippen molar-refractivity contribution in [2.75, 3.05) is 6.61 Å². The fourth-order valence-electron chi connectivity index (χ4n) is 1.62. The predicted molar refractivity (Wildman–Crippen MR) is 63.4 cm³/mol. The fraction of sp³-hybridized carbons (Fsp3) is 0.308. The van der Waals surface area contributed by atoms with Gasteiger partial charge in [0, 0.05) is 0 Å². The molecule has 1 aliphatic rings. The molecule has 0 saturated carbocycles. The summed E-state index contributed by atoms with van der Waals surface area (Å²) in [6.45, 7) is 4.19. The molecule has 1 aliphatic heterocycles. The number of amides is 2.